The number of nitrogens with one attached hydrogen (secondary N) is 1. The second-order valence-corrected chi connectivity index (χ2v) is 5.96. The molecular formula is C14H21BrN2O. The molecule has 0 fully saturated rings. The average molecular weight is 313 g/mol. The van der Waals surface area contributed by atoms with Gasteiger partial charge in [-0.3, -0.25) is 4.79 Å². The minimum Gasteiger partial charge on any atom is -0.345 e. The second kappa shape index (κ2) is 5.85. The lowest BCUT2D eigenvalue weighted by molar-refractivity contribution is 0.0882. The normalized spacial score (nSPS) is 14.4. The highest BCUT2D eigenvalue weighted by atomic mass is 79.9. The van der Waals surface area contributed by atoms with Crippen LogP contribution < -0.4 is 11.1 Å². The highest BCUT2D eigenvalue weighted by Crippen LogP contribution is 2.22. The Labute approximate surface area is 117 Å². The summed E-state index contributed by atoms with van der Waals surface area (Å²) in [6.45, 7) is 8.46. The molecule has 1 aromatic carbocycles. The monoisotopic (exact) mass is 312 g/mol. The minimum absolute atomic E-state index is 0.0905. The number of hydrogen-bond acceptors (Lipinski definition) is 2. The molecule has 0 aliphatic heterocycles. The molecule has 3 N–H and O–H groups in total. The molecule has 0 heterocycles. The van der Waals surface area contributed by atoms with E-state index in [1.807, 2.05) is 32.0 Å². The number of rotatable bonds is 4. The van der Waals surface area contributed by atoms with E-state index in [9.17, 15) is 4.79 Å². The van der Waals surface area contributed by atoms with Gasteiger partial charge in [-0.1, -0.05) is 26.0 Å². The quantitative estimate of drug-likeness (QED) is 0.898. The Balaban J connectivity index is 2.99. The molecule has 18 heavy (non-hydrogen) atoms. The first-order valence-corrected chi connectivity index (χ1v) is 6.89. The zero-order chi connectivity index (χ0) is 13.9. The smallest absolute Gasteiger partial charge is 0.252 e. The number of carbonyl (C=O) groups is 1. The lowest BCUT2D eigenvalue weighted by atomic mass is 9.88. The van der Waals surface area contributed by atoms with Crippen LogP contribution in [-0.2, 0) is 0 Å². The van der Waals surface area contributed by atoms with Crippen molar-refractivity contribution in [1.82, 2.24) is 5.32 Å². The van der Waals surface area contributed by atoms with Crippen LogP contribution in [-0.4, -0.2) is 18.0 Å². The van der Waals surface area contributed by atoms with Crippen LogP contribution in [0.1, 0.15) is 36.7 Å². The van der Waals surface area contributed by atoms with E-state index in [1.54, 1.807) is 0 Å². The molecule has 0 bridgehead atoms. The van der Waals surface area contributed by atoms with Gasteiger partial charge in [0.2, 0.25) is 0 Å². The van der Waals surface area contributed by atoms with Gasteiger partial charge in [0.1, 0.15) is 0 Å². The van der Waals surface area contributed by atoms with Gasteiger partial charge < -0.3 is 11.1 Å². The maximum absolute atomic E-state index is 12.3. The molecule has 1 rings (SSSR count). The Kier molecular flexibility index (Phi) is 4.93. The first kappa shape index (κ1) is 15.2. The molecule has 1 unspecified atom stereocenters. The van der Waals surface area contributed by atoms with Crippen LogP contribution >= 0.6 is 15.9 Å². The number of halogens is 1. The van der Waals surface area contributed by atoms with Crippen molar-refractivity contribution in [2.75, 3.05) is 6.54 Å². The van der Waals surface area contributed by atoms with E-state index in [1.165, 1.54) is 0 Å². The van der Waals surface area contributed by atoms with Gasteiger partial charge in [0, 0.05) is 11.0 Å². The van der Waals surface area contributed by atoms with Crippen molar-refractivity contribution in [3.8, 4) is 0 Å². The molecule has 0 aromatic heterocycles. The molecule has 1 aromatic rings. The molecule has 0 spiro atoms. The maximum atomic E-state index is 12.3. The summed E-state index contributed by atoms with van der Waals surface area (Å²) in [5.74, 6) is 0.183. The molecule has 1 amide bonds. The van der Waals surface area contributed by atoms with Crippen molar-refractivity contribution in [3.05, 3.63) is 33.8 Å². The summed E-state index contributed by atoms with van der Waals surface area (Å²) in [5, 5.41) is 3.03. The van der Waals surface area contributed by atoms with Crippen LogP contribution in [0, 0.1) is 12.8 Å². The van der Waals surface area contributed by atoms with Crippen LogP contribution in [0.4, 0.5) is 0 Å². The van der Waals surface area contributed by atoms with E-state index in [-0.39, 0.29) is 17.4 Å². The summed E-state index contributed by atoms with van der Waals surface area (Å²) in [5.41, 5.74) is 7.08. The van der Waals surface area contributed by atoms with Crippen LogP contribution in [0.3, 0.4) is 0 Å². The van der Waals surface area contributed by atoms with Crippen molar-refractivity contribution in [1.29, 1.82) is 0 Å². The van der Waals surface area contributed by atoms with Crippen LogP contribution in [0.2, 0.25) is 0 Å². The van der Waals surface area contributed by atoms with Gasteiger partial charge in [0.05, 0.1) is 11.1 Å². The van der Waals surface area contributed by atoms with E-state index < -0.39 is 0 Å². The fourth-order valence-electron chi connectivity index (χ4n) is 1.58. The van der Waals surface area contributed by atoms with Crippen molar-refractivity contribution in [2.45, 2.75) is 33.2 Å². The Morgan fingerprint density at radius 2 is 2.11 bits per heavy atom. The lowest BCUT2D eigenvalue weighted by Crippen LogP contribution is -2.55. The fourth-order valence-corrected chi connectivity index (χ4v) is 2.02. The summed E-state index contributed by atoms with van der Waals surface area (Å²) < 4.78 is 0.839. The van der Waals surface area contributed by atoms with Gasteiger partial charge in [0.15, 0.2) is 0 Å². The van der Waals surface area contributed by atoms with Gasteiger partial charge >= 0.3 is 0 Å². The predicted molar refractivity (Wildman–Crippen MR) is 78.6 cm³/mol. The Morgan fingerprint density at radius 3 is 2.61 bits per heavy atom. The van der Waals surface area contributed by atoms with Gasteiger partial charge in [-0.05, 0) is 47.3 Å². The minimum atomic E-state index is -0.389. The van der Waals surface area contributed by atoms with Crippen molar-refractivity contribution in [2.24, 2.45) is 11.7 Å². The molecule has 0 saturated carbocycles. The molecule has 3 nitrogen and oxygen atoms in total. The third-order valence-corrected chi connectivity index (χ3v) is 4.59. The van der Waals surface area contributed by atoms with Crippen molar-refractivity contribution >= 4 is 21.8 Å². The fraction of sp³-hybridized carbons (Fsp3) is 0.500. The van der Waals surface area contributed by atoms with E-state index >= 15 is 0 Å². The van der Waals surface area contributed by atoms with Gasteiger partial charge in [-0.15, -0.1) is 0 Å². The van der Waals surface area contributed by atoms with Crippen LogP contribution in [0.5, 0.6) is 0 Å². The highest BCUT2D eigenvalue weighted by molar-refractivity contribution is 9.10. The number of hydrogen-bond donors (Lipinski definition) is 2. The average Bonchev–Trinajstić information content (AvgIpc) is 2.32. The third kappa shape index (κ3) is 3.12. The number of aryl methyl sites for hydroxylation is 1. The third-order valence-electron chi connectivity index (χ3n) is 3.53. The molecule has 0 radical (unpaired) electrons. The van der Waals surface area contributed by atoms with E-state index in [4.69, 9.17) is 5.73 Å². The van der Waals surface area contributed by atoms with Crippen LogP contribution in [0.25, 0.3) is 0 Å². The van der Waals surface area contributed by atoms with E-state index in [2.05, 4.69) is 35.1 Å². The largest absolute Gasteiger partial charge is 0.345 e. The number of carbonyl (C=O) groups excluding carboxylic acids is 1. The Morgan fingerprint density at radius 1 is 1.50 bits per heavy atom. The first-order valence-electron chi connectivity index (χ1n) is 6.09. The molecule has 0 saturated heterocycles. The standard InChI is InChI=1S/C14H21BrN2O/c1-9(2)14(4,8-16)17-13(18)11-7-5-6-10(3)12(11)15/h5-7,9H,8,16H2,1-4H3,(H,17,18). The van der Waals surface area contributed by atoms with Crippen molar-refractivity contribution in [3.63, 3.8) is 0 Å². The summed E-state index contributed by atoms with van der Waals surface area (Å²) in [6, 6.07) is 5.65. The van der Waals surface area contributed by atoms with Gasteiger partial charge in [-0.25, -0.2) is 0 Å². The lowest BCUT2D eigenvalue weighted by Gasteiger charge is -2.33. The van der Waals surface area contributed by atoms with E-state index in [0.29, 0.717) is 12.1 Å². The Bertz CT molecular complexity index is 445. The molecule has 0 aliphatic carbocycles. The predicted octanol–water partition coefficient (Wildman–Crippen LogP) is 2.86. The van der Waals surface area contributed by atoms with Crippen molar-refractivity contribution < 1.29 is 4.79 Å². The molecular weight excluding hydrogens is 292 g/mol. The Hall–Kier alpha value is -0.870. The molecule has 4 heteroatoms. The molecule has 1 atom stereocenters. The van der Waals surface area contributed by atoms with Gasteiger partial charge in [-0.2, -0.15) is 0 Å². The number of amides is 1. The van der Waals surface area contributed by atoms with Crippen LogP contribution in [0.15, 0.2) is 22.7 Å². The summed E-state index contributed by atoms with van der Waals surface area (Å²) >= 11 is 3.46. The number of nitrogens with two attached hydrogens (primary N) is 1. The topological polar surface area (TPSA) is 55.1 Å². The van der Waals surface area contributed by atoms with E-state index in [0.717, 1.165) is 10.0 Å². The first-order chi connectivity index (χ1) is 8.31. The maximum Gasteiger partial charge on any atom is 0.252 e. The number of benzene rings is 1. The highest BCUT2D eigenvalue weighted by Gasteiger charge is 2.29. The second-order valence-electron chi connectivity index (χ2n) is 5.17. The summed E-state index contributed by atoms with van der Waals surface area (Å²) in [7, 11) is 0. The summed E-state index contributed by atoms with van der Waals surface area (Å²) in [6.07, 6.45) is 0. The zero-order valence-electron chi connectivity index (χ0n) is 11.4. The molecule has 0 aliphatic rings. The molecule has 100 valence electrons. The van der Waals surface area contributed by atoms with Gasteiger partial charge in [0.25, 0.3) is 5.91 Å². The SMILES string of the molecule is Cc1cccc(C(=O)NC(C)(CN)C(C)C)c1Br. The summed E-state index contributed by atoms with van der Waals surface area (Å²) in [4.78, 5) is 12.3. The zero-order valence-corrected chi connectivity index (χ0v) is 13.0.